The molecule has 0 radical (unpaired) electrons. The molecule has 0 amide bonds. The maximum Gasteiger partial charge on any atom is 0.343 e. The summed E-state index contributed by atoms with van der Waals surface area (Å²) in [6.07, 6.45) is 0. The lowest BCUT2D eigenvalue weighted by molar-refractivity contribution is -0.143. The third-order valence-corrected chi connectivity index (χ3v) is 3.45. The molecule has 4 nitrogen and oxygen atoms in total. The molecule has 1 heterocycles. The van der Waals surface area contributed by atoms with Crippen LogP contribution in [0.4, 0.5) is 0 Å². The van der Waals surface area contributed by atoms with Crippen LogP contribution in [-0.4, -0.2) is 23.0 Å². The van der Waals surface area contributed by atoms with E-state index >= 15 is 0 Å². The number of methoxy groups -OCH3 is 1. The van der Waals surface area contributed by atoms with Gasteiger partial charge in [0.25, 0.3) is 0 Å². The lowest BCUT2D eigenvalue weighted by atomic mass is 10.2. The highest BCUT2D eigenvalue weighted by Crippen LogP contribution is 2.32. The molecule has 2 rings (SSSR count). The molecule has 1 aromatic rings. The number of nitrogens with one attached hydrogen (secondary N) is 1. The zero-order chi connectivity index (χ0) is 11.6. The normalized spacial score (nSPS) is 23.5. The highest BCUT2D eigenvalue weighted by atomic mass is 32.2. The van der Waals surface area contributed by atoms with Crippen LogP contribution in [0, 0.1) is 0 Å². The molecule has 1 aromatic carbocycles. The van der Waals surface area contributed by atoms with Crippen LogP contribution in [0.2, 0.25) is 0 Å². The summed E-state index contributed by atoms with van der Waals surface area (Å²) in [7, 11) is 1.37. The zero-order valence-corrected chi connectivity index (χ0v) is 9.88. The van der Waals surface area contributed by atoms with E-state index in [0.29, 0.717) is 0 Å². The smallest absolute Gasteiger partial charge is 0.343 e. The van der Waals surface area contributed by atoms with Gasteiger partial charge in [0, 0.05) is 5.56 Å². The second kappa shape index (κ2) is 4.17. The van der Waals surface area contributed by atoms with E-state index in [1.807, 2.05) is 30.3 Å². The molecule has 0 saturated carbocycles. The molecule has 0 aliphatic carbocycles. The van der Waals surface area contributed by atoms with Crippen molar-refractivity contribution in [1.82, 2.24) is 5.43 Å². The van der Waals surface area contributed by atoms with Crippen molar-refractivity contribution in [2.75, 3.05) is 7.11 Å². The van der Waals surface area contributed by atoms with Crippen molar-refractivity contribution in [3.8, 4) is 0 Å². The van der Waals surface area contributed by atoms with E-state index in [2.05, 4.69) is 10.5 Å². The molecular weight excluding hydrogens is 224 g/mol. The first-order valence-corrected chi connectivity index (χ1v) is 5.65. The molecule has 5 heteroatoms. The number of thioether (sulfide) groups is 1. The van der Waals surface area contributed by atoms with Crippen molar-refractivity contribution in [1.29, 1.82) is 0 Å². The fourth-order valence-corrected chi connectivity index (χ4v) is 2.37. The molecule has 0 aromatic heterocycles. The molecule has 0 saturated heterocycles. The van der Waals surface area contributed by atoms with Crippen molar-refractivity contribution in [3.63, 3.8) is 0 Å². The van der Waals surface area contributed by atoms with Crippen molar-refractivity contribution in [2.24, 2.45) is 5.10 Å². The van der Waals surface area contributed by atoms with E-state index in [0.717, 1.165) is 10.6 Å². The number of benzene rings is 1. The molecule has 1 aliphatic rings. The number of carbonyl (C=O) groups is 1. The van der Waals surface area contributed by atoms with E-state index in [-0.39, 0.29) is 5.97 Å². The Morgan fingerprint density at radius 2 is 2.12 bits per heavy atom. The molecule has 1 atom stereocenters. The summed E-state index contributed by atoms with van der Waals surface area (Å²) in [5, 5.41) is 4.96. The first-order chi connectivity index (χ1) is 7.65. The van der Waals surface area contributed by atoms with Gasteiger partial charge in [0.2, 0.25) is 0 Å². The van der Waals surface area contributed by atoms with E-state index < -0.39 is 4.87 Å². The van der Waals surface area contributed by atoms with Crippen molar-refractivity contribution in [3.05, 3.63) is 35.9 Å². The van der Waals surface area contributed by atoms with E-state index in [4.69, 9.17) is 4.74 Å². The van der Waals surface area contributed by atoms with Crippen LogP contribution < -0.4 is 5.43 Å². The average Bonchev–Trinajstić information content (AvgIpc) is 2.73. The largest absolute Gasteiger partial charge is 0.467 e. The van der Waals surface area contributed by atoms with E-state index in [1.54, 1.807) is 6.92 Å². The summed E-state index contributed by atoms with van der Waals surface area (Å²) < 4.78 is 4.73. The van der Waals surface area contributed by atoms with Gasteiger partial charge in [0.15, 0.2) is 4.87 Å². The lowest BCUT2D eigenvalue weighted by Crippen LogP contribution is -2.41. The molecule has 84 valence electrons. The first kappa shape index (κ1) is 11.0. The fraction of sp³-hybridized carbons (Fsp3) is 0.273. The van der Waals surface area contributed by atoms with Crippen LogP contribution in [0.3, 0.4) is 0 Å². The number of hydrazone groups is 1. The van der Waals surface area contributed by atoms with E-state index in [1.165, 1.54) is 18.9 Å². The van der Waals surface area contributed by atoms with Gasteiger partial charge in [-0.3, -0.25) is 5.43 Å². The SMILES string of the molecule is COC(=O)C1(C)NN=C(c2ccccc2)S1. The van der Waals surface area contributed by atoms with Gasteiger partial charge in [0.05, 0.1) is 7.11 Å². The third kappa shape index (κ3) is 1.90. The molecule has 0 bridgehead atoms. The number of hydrogen-bond donors (Lipinski definition) is 1. The maximum absolute atomic E-state index is 11.5. The standard InChI is InChI=1S/C11H12N2O2S/c1-11(10(14)15-2)13-12-9(16-11)8-6-4-3-5-7-8/h3-7,13H,1-2H3. The Morgan fingerprint density at radius 1 is 1.44 bits per heavy atom. The van der Waals surface area contributed by atoms with Gasteiger partial charge in [-0.1, -0.05) is 42.1 Å². The number of nitrogens with zero attached hydrogens (tertiary/aromatic N) is 1. The topological polar surface area (TPSA) is 50.7 Å². The van der Waals surface area contributed by atoms with Crippen LogP contribution in [0.15, 0.2) is 35.4 Å². The van der Waals surface area contributed by atoms with Gasteiger partial charge in [-0.05, 0) is 6.92 Å². The van der Waals surface area contributed by atoms with Crippen LogP contribution in [0.5, 0.6) is 0 Å². The molecule has 0 fully saturated rings. The molecule has 16 heavy (non-hydrogen) atoms. The number of ether oxygens (including phenoxy) is 1. The summed E-state index contributed by atoms with van der Waals surface area (Å²) in [6, 6.07) is 9.72. The Labute approximate surface area is 98.1 Å². The lowest BCUT2D eigenvalue weighted by Gasteiger charge is -2.18. The fourth-order valence-electron chi connectivity index (χ4n) is 1.38. The third-order valence-electron chi connectivity index (χ3n) is 2.27. The highest BCUT2D eigenvalue weighted by molar-refractivity contribution is 8.16. The van der Waals surface area contributed by atoms with Gasteiger partial charge >= 0.3 is 5.97 Å². The van der Waals surface area contributed by atoms with Crippen LogP contribution >= 0.6 is 11.8 Å². The minimum absolute atomic E-state index is 0.327. The summed E-state index contributed by atoms with van der Waals surface area (Å²) >= 11 is 1.36. The van der Waals surface area contributed by atoms with Gasteiger partial charge in [-0.2, -0.15) is 5.10 Å². The van der Waals surface area contributed by atoms with Crippen LogP contribution in [0.25, 0.3) is 0 Å². The van der Waals surface area contributed by atoms with Crippen molar-refractivity contribution >= 4 is 22.8 Å². The van der Waals surface area contributed by atoms with Crippen molar-refractivity contribution in [2.45, 2.75) is 11.8 Å². The number of esters is 1. The van der Waals surface area contributed by atoms with E-state index in [9.17, 15) is 4.79 Å². The number of hydrogen-bond acceptors (Lipinski definition) is 5. The Bertz CT molecular complexity index is 433. The number of carbonyl (C=O) groups excluding carboxylic acids is 1. The molecule has 1 unspecified atom stereocenters. The Morgan fingerprint density at radius 3 is 2.75 bits per heavy atom. The zero-order valence-electron chi connectivity index (χ0n) is 9.06. The highest BCUT2D eigenvalue weighted by Gasteiger charge is 2.41. The number of rotatable bonds is 2. The Hall–Kier alpha value is -1.49. The summed E-state index contributed by atoms with van der Waals surface area (Å²) in [4.78, 5) is 10.7. The minimum Gasteiger partial charge on any atom is -0.467 e. The van der Waals surface area contributed by atoms with Crippen LogP contribution in [-0.2, 0) is 9.53 Å². The van der Waals surface area contributed by atoms with Gasteiger partial charge in [0.1, 0.15) is 5.04 Å². The first-order valence-electron chi connectivity index (χ1n) is 4.83. The van der Waals surface area contributed by atoms with Gasteiger partial charge in [-0.15, -0.1) is 0 Å². The maximum atomic E-state index is 11.5. The quantitative estimate of drug-likeness (QED) is 0.792. The van der Waals surface area contributed by atoms with Crippen molar-refractivity contribution < 1.29 is 9.53 Å². The monoisotopic (exact) mass is 236 g/mol. The molecule has 1 aliphatic heterocycles. The summed E-state index contributed by atoms with van der Waals surface area (Å²) in [6.45, 7) is 1.75. The molecule has 1 N–H and O–H groups in total. The second-order valence-electron chi connectivity index (χ2n) is 3.52. The summed E-state index contributed by atoms with van der Waals surface area (Å²) in [5.74, 6) is -0.327. The second-order valence-corrected chi connectivity index (χ2v) is 4.93. The Kier molecular flexibility index (Phi) is 2.87. The van der Waals surface area contributed by atoms with Gasteiger partial charge in [-0.25, -0.2) is 4.79 Å². The molecule has 0 spiro atoms. The van der Waals surface area contributed by atoms with Gasteiger partial charge < -0.3 is 4.74 Å². The minimum atomic E-state index is -0.820. The predicted molar refractivity (Wildman–Crippen MR) is 64.1 cm³/mol. The summed E-state index contributed by atoms with van der Waals surface area (Å²) in [5.41, 5.74) is 3.80. The van der Waals surface area contributed by atoms with Crippen LogP contribution in [0.1, 0.15) is 12.5 Å². The predicted octanol–water partition coefficient (Wildman–Crippen LogP) is 1.57. The average molecular weight is 236 g/mol. The Balaban J connectivity index is 2.17. The molecular formula is C11H12N2O2S.